The molecule has 1 amide bonds. The third-order valence-corrected chi connectivity index (χ3v) is 4.50. The Balaban J connectivity index is 1.72. The lowest BCUT2D eigenvalue weighted by atomic mass is 10.3. The molecule has 0 atom stereocenters. The molecule has 0 saturated heterocycles. The number of anilines is 1. The number of carbonyl (C=O) groups is 1. The van der Waals surface area contributed by atoms with Crippen LogP contribution in [0.15, 0.2) is 24.3 Å². The Morgan fingerprint density at radius 3 is 2.89 bits per heavy atom. The minimum absolute atomic E-state index is 0.141. The summed E-state index contributed by atoms with van der Waals surface area (Å²) in [4.78, 5) is 11.6. The van der Waals surface area contributed by atoms with Crippen LogP contribution in [0.3, 0.4) is 0 Å². The van der Waals surface area contributed by atoms with Crippen LogP contribution in [-0.2, 0) is 4.79 Å². The van der Waals surface area contributed by atoms with Crippen molar-refractivity contribution in [1.29, 1.82) is 0 Å². The molecule has 2 N–H and O–H groups in total. The highest BCUT2D eigenvalue weighted by molar-refractivity contribution is 8.00. The van der Waals surface area contributed by atoms with Crippen molar-refractivity contribution in [3.63, 3.8) is 0 Å². The molecule has 0 bridgehead atoms. The maximum Gasteiger partial charge on any atom is 0.238 e. The van der Waals surface area contributed by atoms with Gasteiger partial charge in [0.1, 0.15) is 5.82 Å². The van der Waals surface area contributed by atoms with Crippen LogP contribution in [0.1, 0.15) is 12.8 Å². The molecule has 0 aliphatic heterocycles. The van der Waals surface area contributed by atoms with Gasteiger partial charge in [-0.25, -0.2) is 4.39 Å². The van der Waals surface area contributed by atoms with Crippen LogP contribution in [0, 0.1) is 5.82 Å². The van der Waals surface area contributed by atoms with Gasteiger partial charge in [-0.3, -0.25) is 4.79 Å². The quantitative estimate of drug-likeness (QED) is 0.831. The van der Waals surface area contributed by atoms with Crippen LogP contribution in [0.25, 0.3) is 0 Å². The van der Waals surface area contributed by atoms with E-state index in [1.807, 2.05) is 11.8 Å². The molecule has 1 aromatic rings. The van der Waals surface area contributed by atoms with Crippen LogP contribution in [-0.4, -0.2) is 30.0 Å². The van der Waals surface area contributed by atoms with Gasteiger partial charge in [-0.05, 0) is 37.3 Å². The second kappa shape index (κ2) is 5.71. The average molecular weight is 268 g/mol. The zero-order valence-corrected chi connectivity index (χ0v) is 11.1. The molecule has 98 valence electrons. The smallest absolute Gasteiger partial charge is 0.238 e. The number of benzene rings is 1. The van der Waals surface area contributed by atoms with Crippen molar-refractivity contribution in [2.75, 3.05) is 24.7 Å². The lowest BCUT2D eigenvalue weighted by Gasteiger charge is -2.12. The van der Waals surface area contributed by atoms with Crippen LogP contribution >= 0.6 is 11.8 Å². The molecule has 1 saturated carbocycles. The normalized spacial score (nSPS) is 16.3. The number of halogens is 1. The Bertz CT molecular complexity index is 435. The summed E-state index contributed by atoms with van der Waals surface area (Å²) < 4.78 is 13.3. The molecule has 1 fully saturated rings. The first kappa shape index (κ1) is 13.4. The van der Waals surface area contributed by atoms with Crippen molar-refractivity contribution in [1.82, 2.24) is 5.32 Å². The summed E-state index contributed by atoms with van der Waals surface area (Å²) in [6.45, 7) is 1.11. The number of nitrogens with one attached hydrogen (secondary N) is 2. The Morgan fingerprint density at radius 2 is 2.28 bits per heavy atom. The molecule has 0 aromatic heterocycles. The zero-order chi connectivity index (χ0) is 13.0. The number of carbonyl (C=O) groups excluding carboxylic acids is 1. The molecule has 1 aliphatic rings. The fourth-order valence-electron chi connectivity index (χ4n) is 1.77. The van der Waals surface area contributed by atoms with E-state index in [2.05, 4.69) is 16.9 Å². The van der Waals surface area contributed by atoms with Gasteiger partial charge in [0.2, 0.25) is 5.91 Å². The van der Waals surface area contributed by atoms with E-state index < -0.39 is 0 Å². The number of thioether (sulfide) groups is 1. The SMILES string of the molecule is CSC1(CNCC(=O)Nc2cccc(F)c2)CC1. The standard InChI is InChI=1S/C13H17FN2OS/c1-18-13(5-6-13)9-15-8-12(17)16-11-4-2-3-10(14)7-11/h2-4,7,15H,5-6,8-9H2,1H3,(H,16,17). The minimum Gasteiger partial charge on any atom is -0.325 e. The topological polar surface area (TPSA) is 41.1 Å². The van der Waals surface area contributed by atoms with Gasteiger partial charge < -0.3 is 10.6 Å². The molecule has 1 aliphatic carbocycles. The first-order valence-corrected chi connectivity index (χ1v) is 7.17. The van der Waals surface area contributed by atoms with Gasteiger partial charge in [0, 0.05) is 17.0 Å². The molecule has 1 aromatic carbocycles. The second-order valence-electron chi connectivity index (χ2n) is 4.55. The second-order valence-corrected chi connectivity index (χ2v) is 5.82. The summed E-state index contributed by atoms with van der Waals surface area (Å²) in [6.07, 6.45) is 4.53. The van der Waals surface area contributed by atoms with E-state index in [1.54, 1.807) is 12.1 Å². The molecule has 0 radical (unpaired) electrons. The minimum atomic E-state index is -0.347. The Morgan fingerprint density at radius 1 is 1.50 bits per heavy atom. The molecule has 5 heteroatoms. The van der Waals surface area contributed by atoms with Crippen molar-refractivity contribution in [3.05, 3.63) is 30.1 Å². The lowest BCUT2D eigenvalue weighted by Crippen LogP contribution is -2.33. The van der Waals surface area contributed by atoms with E-state index >= 15 is 0 Å². The third-order valence-electron chi connectivity index (χ3n) is 3.08. The lowest BCUT2D eigenvalue weighted by molar-refractivity contribution is -0.115. The summed E-state index contributed by atoms with van der Waals surface area (Å²) in [5, 5.41) is 5.81. The summed E-state index contributed by atoms with van der Waals surface area (Å²) >= 11 is 1.85. The number of rotatable bonds is 6. The highest BCUT2D eigenvalue weighted by Crippen LogP contribution is 2.46. The van der Waals surface area contributed by atoms with Gasteiger partial charge in [-0.15, -0.1) is 0 Å². The summed E-state index contributed by atoms with van der Waals surface area (Å²) in [5.74, 6) is -0.488. The largest absolute Gasteiger partial charge is 0.325 e. The van der Waals surface area contributed by atoms with Gasteiger partial charge >= 0.3 is 0 Å². The summed E-state index contributed by atoms with van der Waals surface area (Å²) in [5.41, 5.74) is 0.493. The van der Waals surface area contributed by atoms with E-state index in [0.29, 0.717) is 10.4 Å². The number of hydrogen-bond donors (Lipinski definition) is 2. The fourth-order valence-corrected chi connectivity index (χ4v) is 2.52. The third kappa shape index (κ3) is 3.71. The summed E-state index contributed by atoms with van der Waals surface area (Å²) in [7, 11) is 0. The van der Waals surface area contributed by atoms with Crippen molar-refractivity contribution in [2.24, 2.45) is 0 Å². The van der Waals surface area contributed by atoms with E-state index in [-0.39, 0.29) is 18.3 Å². The van der Waals surface area contributed by atoms with Gasteiger partial charge in [-0.1, -0.05) is 6.07 Å². The maximum atomic E-state index is 12.9. The van der Waals surface area contributed by atoms with Crippen LogP contribution < -0.4 is 10.6 Å². The van der Waals surface area contributed by atoms with Gasteiger partial charge in [-0.2, -0.15) is 11.8 Å². The first-order chi connectivity index (χ1) is 8.63. The molecule has 0 heterocycles. The van der Waals surface area contributed by atoms with Crippen molar-refractivity contribution >= 4 is 23.4 Å². The van der Waals surface area contributed by atoms with E-state index in [9.17, 15) is 9.18 Å². The van der Waals surface area contributed by atoms with Crippen LogP contribution in [0.4, 0.5) is 10.1 Å². The van der Waals surface area contributed by atoms with Gasteiger partial charge in [0.05, 0.1) is 6.54 Å². The molecule has 0 unspecified atom stereocenters. The predicted octanol–water partition coefficient (Wildman–Crippen LogP) is 2.25. The molecular weight excluding hydrogens is 251 g/mol. The molecular formula is C13H17FN2OS. The molecule has 3 nitrogen and oxygen atoms in total. The zero-order valence-electron chi connectivity index (χ0n) is 10.3. The van der Waals surface area contributed by atoms with Crippen molar-refractivity contribution < 1.29 is 9.18 Å². The highest BCUT2D eigenvalue weighted by atomic mass is 32.2. The van der Waals surface area contributed by atoms with Gasteiger partial charge in [0.15, 0.2) is 0 Å². The number of amides is 1. The van der Waals surface area contributed by atoms with Crippen LogP contribution in [0.5, 0.6) is 0 Å². The number of hydrogen-bond acceptors (Lipinski definition) is 3. The molecule has 2 rings (SSSR count). The summed E-state index contributed by atoms with van der Waals surface area (Å²) in [6, 6.07) is 5.90. The Hall–Kier alpha value is -1.07. The first-order valence-electron chi connectivity index (χ1n) is 5.95. The fraction of sp³-hybridized carbons (Fsp3) is 0.462. The van der Waals surface area contributed by atoms with E-state index in [0.717, 1.165) is 6.54 Å². The molecule has 0 spiro atoms. The van der Waals surface area contributed by atoms with Crippen molar-refractivity contribution in [3.8, 4) is 0 Å². The monoisotopic (exact) mass is 268 g/mol. The van der Waals surface area contributed by atoms with E-state index in [4.69, 9.17) is 0 Å². The Kier molecular flexibility index (Phi) is 4.24. The predicted molar refractivity (Wildman–Crippen MR) is 73.4 cm³/mol. The maximum absolute atomic E-state index is 12.9. The van der Waals surface area contributed by atoms with E-state index in [1.165, 1.54) is 25.0 Å². The van der Waals surface area contributed by atoms with Crippen LogP contribution in [0.2, 0.25) is 0 Å². The Labute approximate surface area is 111 Å². The highest BCUT2D eigenvalue weighted by Gasteiger charge is 2.41. The van der Waals surface area contributed by atoms with Crippen molar-refractivity contribution in [2.45, 2.75) is 17.6 Å². The molecule has 18 heavy (non-hydrogen) atoms. The van der Waals surface area contributed by atoms with Gasteiger partial charge in [0.25, 0.3) is 0 Å². The average Bonchev–Trinajstić information content (AvgIpc) is 3.10.